The van der Waals surface area contributed by atoms with E-state index >= 15 is 0 Å². The number of nitrogens with zero attached hydrogens (tertiary/aromatic N) is 1. The van der Waals surface area contributed by atoms with E-state index in [1.165, 1.54) is 0 Å². The van der Waals surface area contributed by atoms with Crippen molar-refractivity contribution in [1.82, 2.24) is 4.90 Å². The number of likely N-dealkylation sites (N-methyl/N-ethyl adjacent to an activating group) is 1. The SMILES string of the molecule is CC1=CN(C)C(C(C)C)CO1. The number of allylic oxidation sites excluding steroid dienone is 1. The Bertz CT molecular complexity index is 163. The summed E-state index contributed by atoms with van der Waals surface area (Å²) in [6.45, 7) is 7.27. The van der Waals surface area contributed by atoms with E-state index in [4.69, 9.17) is 4.74 Å². The second-order valence-electron chi connectivity index (χ2n) is 3.53. The molecule has 0 fully saturated rings. The molecule has 1 atom stereocenters. The molecular formula is C9H17NO. The van der Waals surface area contributed by atoms with Gasteiger partial charge in [-0.15, -0.1) is 0 Å². The Morgan fingerprint density at radius 3 is 2.73 bits per heavy atom. The largest absolute Gasteiger partial charge is 0.495 e. The molecule has 0 aliphatic carbocycles. The molecule has 0 saturated heterocycles. The first-order valence-corrected chi connectivity index (χ1v) is 4.14. The molecule has 64 valence electrons. The molecule has 0 N–H and O–H groups in total. The van der Waals surface area contributed by atoms with Crippen molar-refractivity contribution in [2.24, 2.45) is 5.92 Å². The van der Waals surface area contributed by atoms with Gasteiger partial charge in [-0.1, -0.05) is 13.8 Å². The van der Waals surface area contributed by atoms with Gasteiger partial charge in [-0.25, -0.2) is 0 Å². The first-order valence-electron chi connectivity index (χ1n) is 4.14. The van der Waals surface area contributed by atoms with Gasteiger partial charge < -0.3 is 9.64 Å². The minimum atomic E-state index is 0.540. The third kappa shape index (κ3) is 1.88. The van der Waals surface area contributed by atoms with Crippen molar-refractivity contribution in [3.63, 3.8) is 0 Å². The second kappa shape index (κ2) is 3.16. The maximum absolute atomic E-state index is 5.44. The maximum Gasteiger partial charge on any atom is 0.109 e. The fourth-order valence-electron chi connectivity index (χ4n) is 1.42. The standard InChI is InChI=1S/C9H17NO/c1-7(2)9-6-11-8(3)5-10(9)4/h5,7,9H,6H2,1-4H3. The van der Waals surface area contributed by atoms with E-state index < -0.39 is 0 Å². The molecule has 1 rings (SSSR count). The first-order chi connectivity index (χ1) is 5.11. The van der Waals surface area contributed by atoms with Gasteiger partial charge in [0.25, 0.3) is 0 Å². The molecule has 1 unspecified atom stereocenters. The van der Waals surface area contributed by atoms with Crippen LogP contribution in [0.3, 0.4) is 0 Å². The number of hydrogen-bond acceptors (Lipinski definition) is 2. The highest BCUT2D eigenvalue weighted by Crippen LogP contribution is 2.17. The molecule has 0 amide bonds. The van der Waals surface area contributed by atoms with E-state index in [0.29, 0.717) is 12.0 Å². The Morgan fingerprint density at radius 2 is 2.27 bits per heavy atom. The summed E-state index contributed by atoms with van der Waals surface area (Å²) >= 11 is 0. The second-order valence-corrected chi connectivity index (χ2v) is 3.53. The average Bonchev–Trinajstić information content (AvgIpc) is 1.85. The minimum Gasteiger partial charge on any atom is -0.495 e. The third-order valence-corrected chi connectivity index (χ3v) is 2.16. The van der Waals surface area contributed by atoms with Crippen LogP contribution >= 0.6 is 0 Å². The van der Waals surface area contributed by atoms with Gasteiger partial charge in [-0.05, 0) is 12.8 Å². The summed E-state index contributed by atoms with van der Waals surface area (Å²) in [5, 5.41) is 0. The molecular weight excluding hydrogens is 138 g/mol. The van der Waals surface area contributed by atoms with E-state index in [9.17, 15) is 0 Å². The Morgan fingerprint density at radius 1 is 1.64 bits per heavy atom. The summed E-state index contributed by atoms with van der Waals surface area (Å²) in [6, 6.07) is 0.540. The molecule has 2 heteroatoms. The predicted octanol–water partition coefficient (Wildman–Crippen LogP) is 1.83. The summed E-state index contributed by atoms with van der Waals surface area (Å²) in [7, 11) is 2.11. The van der Waals surface area contributed by atoms with Gasteiger partial charge in [0.2, 0.25) is 0 Å². The summed E-state index contributed by atoms with van der Waals surface area (Å²) in [5.74, 6) is 1.67. The smallest absolute Gasteiger partial charge is 0.109 e. The number of ether oxygens (including phenoxy) is 1. The van der Waals surface area contributed by atoms with Crippen LogP contribution in [-0.2, 0) is 4.74 Å². The van der Waals surface area contributed by atoms with E-state index in [2.05, 4.69) is 32.0 Å². The molecule has 2 nitrogen and oxygen atoms in total. The molecule has 1 aliphatic rings. The van der Waals surface area contributed by atoms with E-state index in [1.54, 1.807) is 0 Å². The lowest BCUT2D eigenvalue weighted by Gasteiger charge is -2.34. The molecule has 1 aliphatic heterocycles. The number of rotatable bonds is 1. The monoisotopic (exact) mass is 155 g/mol. The van der Waals surface area contributed by atoms with E-state index in [0.717, 1.165) is 12.4 Å². The van der Waals surface area contributed by atoms with Crippen LogP contribution < -0.4 is 0 Å². The summed E-state index contributed by atoms with van der Waals surface area (Å²) < 4.78 is 5.44. The molecule has 0 bridgehead atoms. The normalized spacial score (nSPS) is 25.0. The summed E-state index contributed by atoms with van der Waals surface area (Å²) in [6.07, 6.45) is 2.06. The van der Waals surface area contributed by atoms with Crippen molar-refractivity contribution in [2.45, 2.75) is 26.8 Å². The topological polar surface area (TPSA) is 12.5 Å². The molecule has 0 aromatic carbocycles. The van der Waals surface area contributed by atoms with Crippen molar-refractivity contribution in [2.75, 3.05) is 13.7 Å². The quantitative estimate of drug-likeness (QED) is 0.573. The Labute approximate surface area is 68.8 Å². The van der Waals surface area contributed by atoms with Gasteiger partial charge in [0.1, 0.15) is 12.4 Å². The van der Waals surface area contributed by atoms with E-state index in [-0.39, 0.29) is 0 Å². The van der Waals surface area contributed by atoms with Crippen LogP contribution in [0.5, 0.6) is 0 Å². The highest BCUT2D eigenvalue weighted by molar-refractivity contribution is 4.95. The molecule has 0 aromatic rings. The van der Waals surface area contributed by atoms with Gasteiger partial charge >= 0.3 is 0 Å². The lowest BCUT2D eigenvalue weighted by Crippen LogP contribution is -2.39. The highest BCUT2D eigenvalue weighted by atomic mass is 16.5. The lowest BCUT2D eigenvalue weighted by molar-refractivity contribution is 0.0808. The molecule has 0 saturated carbocycles. The van der Waals surface area contributed by atoms with Crippen LogP contribution in [0.25, 0.3) is 0 Å². The fourth-order valence-corrected chi connectivity index (χ4v) is 1.42. The van der Waals surface area contributed by atoms with Gasteiger partial charge in [-0.3, -0.25) is 0 Å². The van der Waals surface area contributed by atoms with Crippen molar-refractivity contribution in [3.05, 3.63) is 12.0 Å². The first kappa shape index (κ1) is 8.44. The molecule has 0 aromatic heterocycles. The van der Waals surface area contributed by atoms with Crippen molar-refractivity contribution in [1.29, 1.82) is 0 Å². The van der Waals surface area contributed by atoms with Gasteiger partial charge in [0.05, 0.1) is 6.04 Å². The highest BCUT2D eigenvalue weighted by Gasteiger charge is 2.20. The van der Waals surface area contributed by atoms with Crippen molar-refractivity contribution in [3.8, 4) is 0 Å². The zero-order valence-electron chi connectivity index (χ0n) is 7.79. The van der Waals surface area contributed by atoms with Crippen LogP contribution in [-0.4, -0.2) is 24.6 Å². The third-order valence-electron chi connectivity index (χ3n) is 2.16. The van der Waals surface area contributed by atoms with Crippen LogP contribution in [0.2, 0.25) is 0 Å². The summed E-state index contributed by atoms with van der Waals surface area (Å²) in [4.78, 5) is 2.24. The van der Waals surface area contributed by atoms with Crippen LogP contribution in [0.15, 0.2) is 12.0 Å². The van der Waals surface area contributed by atoms with Crippen LogP contribution in [0, 0.1) is 5.92 Å². The van der Waals surface area contributed by atoms with Gasteiger partial charge in [0.15, 0.2) is 0 Å². The zero-order valence-corrected chi connectivity index (χ0v) is 7.79. The molecule has 11 heavy (non-hydrogen) atoms. The molecule has 0 radical (unpaired) electrons. The fraction of sp³-hybridized carbons (Fsp3) is 0.778. The molecule has 1 heterocycles. The van der Waals surface area contributed by atoms with Crippen LogP contribution in [0.1, 0.15) is 20.8 Å². The van der Waals surface area contributed by atoms with E-state index in [1.807, 2.05) is 6.92 Å². The Kier molecular flexibility index (Phi) is 2.42. The average molecular weight is 155 g/mol. The lowest BCUT2D eigenvalue weighted by atomic mass is 10.0. The predicted molar refractivity (Wildman–Crippen MR) is 46.1 cm³/mol. The van der Waals surface area contributed by atoms with Crippen LogP contribution in [0.4, 0.5) is 0 Å². The van der Waals surface area contributed by atoms with Gasteiger partial charge in [0, 0.05) is 13.2 Å². The minimum absolute atomic E-state index is 0.540. The number of hydrogen-bond donors (Lipinski definition) is 0. The van der Waals surface area contributed by atoms with Crippen molar-refractivity contribution < 1.29 is 4.74 Å². The maximum atomic E-state index is 5.44. The van der Waals surface area contributed by atoms with Gasteiger partial charge in [-0.2, -0.15) is 0 Å². The summed E-state index contributed by atoms with van der Waals surface area (Å²) in [5.41, 5.74) is 0. The Hall–Kier alpha value is -0.660. The molecule has 0 spiro atoms. The zero-order chi connectivity index (χ0) is 8.43. The Balaban J connectivity index is 2.60. The van der Waals surface area contributed by atoms with Crippen molar-refractivity contribution >= 4 is 0 Å².